The SMILES string of the molecule is COc1cccc(CN2C(=O)NC3CC(c4nc(-c5ccc(Cl)cc5)no4)CCC3C2=O)c1. The molecule has 2 aliphatic rings. The number of carbonyl (C=O) groups is 2. The molecule has 0 bridgehead atoms. The van der Waals surface area contributed by atoms with Crippen LogP contribution in [-0.2, 0) is 11.3 Å². The number of hydrogen-bond donors (Lipinski definition) is 1. The maximum absolute atomic E-state index is 13.2. The lowest BCUT2D eigenvalue weighted by atomic mass is 9.76. The highest BCUT2D eigenvalue weighted by Crippen LogP contribution is 2.38. The summed E-state index contributed by atoms with van der Waals surface area (Å²) in [6.45, 7) is 0.211. The Labute approximate surface area is 195 Å². The maximum Gasteiger partial charge on any atom is 0.324 e. The normalized spacial score (nSPS) is 22.6. The van der Waals surface area contributed by atoms with Crippen LogP contribution in [0.25, 0.3) is 11.4 Å². The molecule has 1 aliphatic heterocycles. The Morgan fingerprint density at radius 3 is 2.79 bits per heavy atom. The Kier molecular flexibility index (Phi) is 5.76. The van der Waals surface area contributed by atoms with Gasteiger partial charge in [0.15, 0.2) is 0 Å². The fourth-order valence-corrected chi connectivity index (χ4v) is 4.73. The first-order valence-electron chi connectivity index (χ1n) is 10.9. The van der Waals surface area contributed by atoms with Crippen LogP contribution < -0.4 is 10.1 Å². The van der Waals surface area contributed by atoms with Gasteiger partial charge >= 0.3 is 6.03 Å². The van der Waals surface area contributed by atoms with Crippen LogP contribution >= 0.6 is 11.6 Å². The summed E-state index contributed by atoms with van der Waals surface area (Å²) in [6, 6.07) is 14.0. The van der Waals surface area contributed by atoms with Gasteiger partial charge in [0, 0.05) is 22.5 Å². The fraction of sp³-hybridized carbons (Fsp3) is 0.333. The highest BCUT2D eigenvalue weighted by molar-refractivity contribution is 6.30. The zero-order valence-corrected chi connectivity index (χ0v) is 18.8. The number of nitrogens with one attached hydrogen (secondary N) is 1. The van der Waals surface area contributed by atoms with Crippen LogP contribution in [0.15, 0.2) is 53.1 Å². The van der Waals surface area contributed by atoms with Crippen molar-refractivity contribution in [1.29, 1.82) is 0 Å². The van der Waals surface area contributed by atoms with Crippen LogP contribution in [0, 0.1) is 5.92 Å². The van der Waals surface area contributed by atoms with E-state index < -0.39 is 0 Å². The van der Waals surface area contributed by atoms with Gasteiger partial charge in [-0.2, -0.15) is 4.98 Å². The summed E-state index contributed by atoms with van der Waals surface area (Å²) in [7, 11) is 1.59. The average molecular weight is 467 g/mol. The average Bonchev–Trinajstić information content (AvgIpc) is 3.32. The van der Waals surface area contributed by atoms with E-state index in [0.29, 0.717) is 35.3 Å². The minimum absolute atomic E-state index is 0.0159. The molecule has 1 saturated carbocycles. The molecule has 3 amide bonds. The lowest BCUT2D eigenvalue weighted by Gasteiger charge is -2.41. The van der Waals surface area contributed by atoms with E-state index in [2.05, 4.69) is 15.5 Å². The molecule has 2 fully saturated rings. The topological polar surface area (TPSA) is 97.6 Å². The number of fused-ring (bicyclic) bond motifs is 1. The summed E-state index contributed by atoms with van der Waals surface area (Å²) in [5.41, 5.74) is 1.66. The standard InChI is InChI=1S/C24H23ClN4O4/c1-32-18-4-2-3-14(11-18)13-29-23(30)19-10-7-16(12-20(19)26-24(29)31)22-27-21(28-33-22)15-5-8-17(25)9-6-15/h2-6,8-9,11,16,19-20H,7,10,12-13H2,1H3,(H,26,31). The number of ether oxygens (including phenoxy) is 1. The van der Waals surface area contributed by atoms with E-state index in [-0.39, 0.29) is 36.4 Å². The van der Waals surface area contributed by atoms with Crippen LogP contribution in [0.5, 0.6) is 5.75 Å². The van der Waals surface area contributed by atoms with Gasteiger partial charge in [-0.15, -0.1) is 0 Å². The minimum atomic E-state index is -0.378. The Hall–Kier alpha value is -3.39. The molecule has 1 aromatic heterocycles. The largest absolute Gasteiger partial charge is 0.497 e. The van der Waals surface area contributed by atoms with Crippen molar-refractivity contribution in [2.45, 2.75) is 37.8 Å². The van der Waals surface area contributed by atoms with Crippen LogP contribution in [-0.4, -0.2) is 40.1 Å². The van der Waals surface area contributed by atoms with Gasteiger partial charge in [-0.25, -0.2) is 4.79 Å². The number of halogens is 1. The number of imide groups is 1. The van der Waals surface area contributed by atoms with E-state index in [1.165, 1.54) is 4.90 Å². The Balaban J connectivity index is 1.27. The highest BCUT2D eigenvalue weighted by atomic mass is 35.5. The first kappa shape index (κ1) is 21.5. The molecule has 3 atom stereocenters. The number of aromatic nitrogens is 2. The van der Waals surface area contributed by atoms with Crippen molar-refractivity contribution in [2.75, 3.05) is 7.11 Å². The smallest absolute Gasteiger partial charge is 0.324 e. The predicted molar refractivity (Wildman–Crippen MR) is 121 cm³/mol. The lowest BCUT2D eigenvalue weighted by Crippen LogP contribution is -2.60. The Morgan fingerprint density at radius 2 is 2.00 bits per heavy atom. The molecule has 1 N–H and O–H groups in total. The first-order chi connectivity index (χ1) is 16.0. The van der Waals surface area contributed by atoms with E-state index in [9.17, 15) is 9.59 Å². The summed E-state index contributed by atoms with van der Waals surface area (Å²) in [4.78, 5) is 31.8. The second kappa shape index (κ2) is 8.86. The molecule has 8 nitrogen and oxygen atoms in total. The van der Waals surface area contributed by atoms with E-state index in [1.807, 2.05) is 36.4 Å². The minimum Gasteiger partial charge on any atom is -0.497 e. The third-order valence-corrected chi connectivity index (χ3v) is 6.61. The Bertz CT molecular complexity index is 1180. The summed E-state index contributed by atoms with van der Waals surface area (Å²) < 4.78 is 10.8. The number of amides is 3. The summed E-state index contributed by atoms with van der Waals surface area (Å²) in [5.74, 6) is 1.29. The van der Waals surface area contributed by atoms with E-state index >= 15 is 0 Å². The summed E-state index contributed by atoms with van der Waals surface area (Å²) >= 11 is 5.95. The zero-order chi connectivity index (χ0) is 22.9. The molecule has 33 heavy (non-hydrogen) atoms. The van der Waals surface area contributed by atoms with Crippen LogP contribution in [0.2, 0.25) is 5.02 Å². The van der Waals surface area contributed by atoms with Crippen molar-refractivity contribution in [2.24, 2.45) is 5.92 Å². The first-order valence-corrected chi connectivity index (χ1v) is 11.2. The monoisotopic (exact) mass is 466 g/mol. The molecule has 2 heterocycles. The van der Waals surface area contributed by atoms with Crippen molar-refractivity contribution in [1.82, 2.24) is 20.4 Å². The number of hydrogen-bond acceptors (Lipinski definition) is 6. The van der Waals surface area contributed by atoms with Gasteiger partial charge in [-0.1, -0.05) is 28.9 Å². The molecule has 170 valence electrons. The maximum atomic E-state index is 13.2. The fourth-order valence-electron chi connectivity index (χ4n) is 4.61. The quantitative estimate of drug-likeness (QED) is 0.598. The third-order valence-electron chi connectivity index (χ3n) is 6.36. The lowest BCUT2D eigenvalue weighted by molar-refractivity contribution is -0.137. The highest BCUT2D eigenvalue weighted by Gasteiger charge is 2.45. The third kappa shape index (κ3) is 4.30. The molecule has 1 aliphatic carbocycles. The van der Waals surface area contributed by atoms with Gasteiger partial charge in [-0.05, 0) is 61.2 Å². The molecule has 3 unspecified atom stereocenters. The second-order valence-electron chi connectivity index (χ2n) is 8.41. The number of nitrogens with zero attached hydrogens (tertiary/aromatic N) is 3. The van der Waals surface area contributed by atoms with Gasteiger partial charge in [0.05, 0.1) is 19.6 Å². The summed E-state index contributed by atoms with van der Waals surface area (Å²) in [6.07, 6.45) is 1.96. The molecule has 5 rings (SSSR count). The van der Waals surface area contributed by atoms with Crippen molar-refractivity contribution in [3.05, 3.63) is 65.0 Å². The van der Waals surface area contributed by atoms with Gasteiger partial charge < -0.3 is 14.6 Å². The molecule has 3 aromatic rings. The van der Waals surface area contributed by atoms with Crippen molar-refractivity contribution < 1.29 is 18.8 Å². The van der Waals surface area contributed by atoms with Gasteiger partial charge in [0.2, 0.25) is 17.6 Å². The molecule has 1 saturated heterocycles. The number of benzene rings is 2. The molecular formula is C24H23ClN4O4. The number of urea groups is 1. The Morgan fingerprint density at radius 1 is 1.18 bits per heavy atom. The number of carbonyl (C=O) groups excluding carboxylic acids is 2. The van der Waals surface area contributed by atoms with Crippen LogP contribution in [0.4, 0.5) is 4.79 Å². The van der Waals surface area contributed by atoms with Crippen LogP contribution in [0.3, 0.4) is 0 Å². The molecule has 0 spiro atoms. The molecular weight excluding hydrogens is 444 g/mol. The molecule has 2 aromatic carbocycles. The van der Waals surface area contributed by atoms with Crippen molar-refractivity contribution in [3.8, 4) is 17.1 Å². The molecule has 9 heteroatoms. The number of methoxy groups -OCH3 is 1. The number of rotatable bonds is 5. The van der Waals surface area contributed by atoms with Crippen LogP contribution in [0.1, 0.15) is 36.6 Å². The van der Waals surface area contributed by atoms with E-state index in [1.54, 1.807) is 19.2 Å². The predicted octanol–water partition coefficient (Wildman–Crippen LogP) is 4.40. The second-order valence-corrected chi connectivity index (χ2v) is 8.85. The van der Waals surface area contributed by atoms with E-state index in [4.69, 9.17) is 20.9 Å². The van der Waals surface area contributed by atoms with Crippen molar-refractivity contribution >= 4 is 23.5 Å². The van der Waals surface area contributed by atoms with Gasteiger partial charge in [-0.3, -0.25) is 9.69 Å². The van der Waals surface area contributed by atoms with Gasteiger partial charge in [0.1, 0.15) is 5.75 Å². The summed E-state index contributed by atoms with van der Waals surface area (Å²) in [5, 5.41) is 7.76. The molecule has 0 radical (unpaired) electrons. The van der Waals surface area contributed by atoms with E-state index in [0.717, 1.165) is 17.5 Å². The van der Waals surface area contributed by atoms with Gasteiger partial charge in [0.25, 0.3) is 0 Å². The van der Waals surface area contributed by atoms with Crippen molar-refractivity contribution in [3.63, 3.8) is 0 Å². The zero-order valence-electron chi connectivity index (χ0n) is 18.0.